The van der Waals surface area contributed by atoms with E-state index in [1.54, 1.807) is 18.7 Å². The summed E-state index contributed by atoms with van der Waals surface area (Å²) in [5, 5.41) is 11.2. The van der Waals surface area contributed by atoms with Crippen molar-refractivity contribution in [2.24, 2.45) is 17.3 Å². The predicted octanol–water partition coefficient (Wildman–Crippen LogP) is 6.70. The van der Waals surface area contributed by atoms with E-state index in [2.05, 4.69) is 20.8 Å². The number of carbonyl (C=O) groups excluding carboxylic acids is 1. The number of aromatic hydroxyl groups is 1. The number of rotatable bonds is 10. The Morgan fingerprint density at radius 1 is 1.02 bits per heavy atom. The third-order valence-corrected chi connectivity index (χ3v) is 11.8. The Bertz CT molecular complexity index is 2220. The molecule has 4 aromatic rings. The molecule has 0 bridgehead atoms. The van der Waals surface area contributed by atoms with Crippen LogP contribution in [0, 0.1) is 41.2 Å². The number of carbonyl (C=O) groups is 1. The van der Waals surface area contributed by atoms with Crippen molar-refractivity contribution in [3.63, 3.8) is 0 Å². The molecule has 2 aromatic carbocycles. The molecule has 1 amide bonds. The highest BCUT2D eigenvalue weighted by Crippen LogP contribution is 2.51. The fourth-order valence-corrected chi connectivity index (χ4v) is 8.68. The van der Waals surface area contributed by atoms with Crippen LogP contribution in [0.1, 0.15) is 51.5 Å². The Hall–Kier alpha value is -4.97. The second kappa shape index (κ2) is 13.6. The summed E-state index contributed by atoms with van der Waals surface area (Å²) < 4.78 is 85.9. The van der Waals surface area contributed by atoms with E-state index in [-0.39, 0.29) is 94.5 Å². The number of phenolic OH excluding ortho intramolecular Hbond substituents is 1. The van der Waals surface area contributed by atoms with E-state index in [9.17, 15) is 23.1 Å². The van der Waals surface area contributed by atoms with Gasteiger partial charge in [0, 0.05) is 61.2 Å². The van der Waals surface area contributed by atoms with Gasteiger partial charge in [0.25, 0.3) is 0 Å². The second-order valence-electron chi connectivity index (χ2n) is 15.5. The number of hydrogen-bond donors (Lipinski definition) is 1. The summed E-state index contributed by atoms with van der Waals surface area (Å²) in [6.07, 6.45) is 4.23. The van der Waals surface area contributed by atoms with Gasteiger partial charge in [-0.05, 0) is 67.5 Å². The number of fused-ring (bicyclic) bond motifs is 3. The van der Waals surface area contributed by atoms with Crippen molar-refractivity contribution in [3.05, 3.63) is 41.5 Å². The number of aromatic nitrogens is 3. The first-order chi connectivity index (χ1) is 26.3. The van der Waals surface area contributed by atoms with Gasteiger partial charge in [-0.25, -0.2) is 13.8 Å². The number of terminal acetylenes is 1. The maximum absolute atomic E-state index is 17.3. The van der Waals surface area contributed by atoms with Crippen LogP contribution in [-0.2, 0) is 4.79 Å². The maximum Gasteiger partial charge on any atom is 0.471 e. The van der Waals surface area contributed by atoms with E-state index in [0.717, 1.165) is 55.3 Å². The smallest absolute Gasteiger partial charge is 0.471 e. The van der Waals surface area contributed by atoms with Crippen molar-refractivity contribution in [1.29, 1.82) is 0 Å². The molecule has 1 N–H and O–H groups in total. The third-order valence-electron chi connectivity index (χ3n) is 11.8. The van der Waals surface area contributed by atoms with Gasteiger partial charge in [0.1, 0.15) is 34.0 Å². The van der Waals surface area contributed by atoms with Crippen LogP contribution in [-0.4, -0.2) is 100 Å². The van der Waals surface area contributed by atoms with Crippen LogP contribution >= 0.6 is 0 Å². The van der Waals surface area contributed by atoms with E-state index < -0.39 is 35.8 Å². The highest BCUT2D eigenvalue weighted by Gasteiger charge is 2.51. The summed E-state index contributed by atoms with van der Waals surface area (Å²) in [6.45, 7) is 6.55. The number of nitrogens with zero attached hydrogens (tertiary/aromatic N) is 6. The first-order valence-electron chi connectivity index (χ1n) is 18.6. The van der Waals surface area contributed by atoms with Gasteiger partial charge in [0.2, 0.25) is 5.88 Å². The van der Waals surface area contributed by atoms with Gasteiger partial charge in [-0.1, -0.05) is 25.8 Å². The zero-order valence-corrected chi connectivity index (χ0v) is 30.7. The van der Waals surface area contributed by atoms with Crippen molar-refractivity contribution in [3.8, 4) is 41.2 Å². The van der Waals surface area contributed by atoms with Crippen LogP contribution in [0.4, 0.5) is 27.8 Å². The zero-order chi connectivity index (χ0) is 39.0. The molecule has 2 aromatic heterocycles. The number of halogens is 5. The number of amides is 1. The molecule has 4 aliphatic rings. The number of phenols is 1. The SMILES string of the molecule is C#Cc1c(F)ccc2cc(O)cc(-c3nc(OC)c4c(N5CC(CC)N(C(=O)C(F)(F)F)C(CC)C5)nc(OCC5(CN6CC7CC7C6)CC5)nc4c3F)c12. The molecule has 2 aliphatic heterocycles. The lowest BCUT2D eigenvalue weighted by Crippen LogP contribution is -2.63. The lowest BCUT2D eigenvalue weighted by molar-refractivity contribution is -0.191. The summed E-state index contributed by atoms with van der Waals surface area (Å²) in [5.74, 6) is -0.00892. The Balaban J connectivity index is 1.27. The molecule has 4 atom stereocenters. The highest BCUT2D eigenvalue weighted by atomic mass is 19.4. The Kier molecular flexibility index (Phi) is 9.18. The van der Waals surface area contributed by atoms with Crippen molar-refractivity contribution >= 4 is 33.4 Å². The Morgan fingerprint density at radius 3 is 2.31 bits per heavy atom. The van der Waals surface area contributed by atoms with E-state index in [4.69, 9.17) is 20.9 Å². The lowest BCUT2D eigenvalue weighted by Gasteiger charge is -2.47. The number of methoxy groups -OCH3 is 1. The number of piperidine rings is 1. The van der Waals surface area contributed by atoms with Crippen molar-refractivity contribution < 1.29 is 41.3 Å². The van der Waals surface area contributed by atoms with E-state index >= 15 is 8.78 Å². The molecular formula is C40H41F5N6O4. The fourth-order valence-electron chi connectivity index (χ4n) is 8.68. The number of ether oxygens (including phenoxy) is 2. The normalized spacial score (nSPS) is 23.2. The van der Waals surface area contributed by atoms with Gasteiger partial charge in [-0.3, -0.25) is 4.79 Å². The molecule has 2 saturated heterocycles. The largest absolute Gasteiger partial charge is 0.508 e. The van der Waals surface area contributed by atoms with Gasteiger partial charge >= 0.3 is 18.1 Å². The van der Waals surface area contributed by atoms with Gasteiger partial charge in [-0.15, -0.1) is 6.42 Å². The molecule has 0 radical (unpaired) electrons. The van der Waals surface area contributed by atoms with Gasteiger partial charge in [-0.2, -0.15) is 23.1 Å². The molecule has 4 heterocycles. The number of alkyl halides is 3. The van der Waals surface area contributed by atoms with Crippen LogP contribution < -0.4 is 14.4 Å². The molecule has 290 valence electrons. The van der Waals surface area contributed by atoms with E-state index in [0.29, 0.717) is 5.39 Å². The second-order valence-corrected chi connectivity index (χ2v) is 15.5. The van der Waals surface area contributed by atoms with Crippen LogP contribution in [0.15, 0.2) is 24.3 Å². The minimum Gasteiger partial charge on any atom is -0.508 e. The highest BCUT2D eigenvalue weighted by molar-refractivity contribution is 6.04. The molecule has 4 unspecified atom stereocenters. The summed E-state index contributed by atoms with van der Waals surface area (Å²) in [5.41, 5.74) is -0.897. The molecule has 0 spiro atoms. The molecule has 2 saturated carbocycles. The predicted molar refractivity (Wildman–Crippen MR) is 195 cm³/mol. The van der Waals surface area contributed by atoms with Crippen LogP contribution in [0.3, 0.4) is 0 Å². The minimum absolute atomic E-state index is 0.0141. The molecule has 8 rings (SSSR count). The number of pyridine rings is 1. The van der Waals surface area contributed by atoms with Crippen LogP contribution in [0.25, 0.3) is 32.9 Å². The van der Waals surface area contributed by atoms with E-state index in [1.807, 2.05) is 0 Å². The van der Waals surface area contributed by atoms with Gasteiger partial charge in [0.15, 0.2) is 5.82 Å². The summed E-state index contributed by atoms with van der Waals surface area (Å²) in [7, 11) is 1.31. The summed E-state index contributed by atoms with van der Waals surface area (Å²) >= 11 is 0. The summed E-state index contributed by atoms with van der Waals surface area (Å²) in [6, 6.07) is 3.30. The Morgan fingerprint density at radius 2 is 1.71 bits per heavy atom. The number of hydrogen-bond acceptors (Lipinski definition) is 9. The first-order valence-corrected chi connectivity index (χ1v) is 18.6. The van der Waals surface area contributed by atoms with Gasteiger partial charge < -0.3 is 29.3 Å². The molecule has 55 heavy (non-hydrogen) atoms. The van der Waals surface area contributed by atoms with Crippen molar-refractivity contribution in [2.75, 3.05) is 51.3 Å². The van der Waals surface area contributed by atoms with E-state index in [1.165, 1.54) is 31.7 Å². The average Bonchev–Trinajstić information content (AvgIpc) is 4.08. The monoisotopic (exact) mass is 764 g/mol. The van der Waals surface area contributed by atoms with Crippen molar-refractivity contribution in [1.82, 2.24) is 24.8 Å². The number of likely N-dealkylation sites (tertiary alicyclic amines) is 1. The lowest BCUT2D eigenvalue weighted by atomic mass is 9.95. The Labute approximate surface area is 314 Å². The van der Waals surface area contributed by atoms with Crippen LogP contribution in [0.5, 0.6) is 17.6 Å². The first kappa shape index (κ1) is 37.0. The topological polar surface area (TPSA) is 104 Å². The standard InChI is InChI=1S/C40H41F5N6O4/c1-5-24-17-50(18-25(6-2)51(24)37(53)40(43,44)45)35-31-34(47-38(48-35)55-20-39(10-11-39)19-49-15-22-12-23(22)16-49)32(42)33(46-36(31)54-4)28-14-26(52)13-21-8-9-29(41)27(7-3)30(21)28/h3,8-9,13-14,22-25,52H,5-6,10-12,15-20H2,1-2,4H3. The summed E-state index contributed by atoms with van der Waals surface area (Å²) in [4.78, 5) is 31.6. The average molecular weight is 765 g/mol. The molecule has 15 heteroatoms. The van der Waals surface area contributed by atoms with Crippen LogP contribution in [0.2, 0.25) is 0 Å². The fraction of sp³-hybridized carbons (Fsp3) is 0.500. The van der Waals surface area contributed by atoms with Gasteiger partial charge in [0.05, 0.1) is 19.3 Å². The quantitative estimate of drug-likeness (QED) is 0.140. The number of piperazine rings is 1. The third kappa shape index (κ3) is 6.62. The molecule has 2 aliphatic carbocycles. The molecule has 10 nitrogen and oxygen atoms in total. The number of anilines is 1. The molecular weight excluding hydrogens is 723 g/mol. The zero-order valence-electron chi connectivity index (χ0n) is 30.7. The van der Waals surface area contributed by atoms with Crippen molar-refractivity contribution in [2.45, 2.75) is 64.2 Å². The number of benzene rings is 2. The maximum atomic E-state index is 17.3. The minimum atomic E-state index is -5.06. The molecule has 4 fully saturated rings.